The minimum Gasteiger partial charge on any atom is -0.320 e. The van der Waals surface area contributed by atoms with E-state index in [1.54, 1.807) is 0 Å². The quantitative estimate of drug-likeness (QED) is 0.687. The molecule has 1 N–H and O–H groups in total. The molecule has 0 unspecified atom stereocenters. The highest BCUT2D eigenvalue weighted by Gasteiger charge is 2.32. The lowest BCUT2D eigenvalue weighted by molar-refractivity contribution is 0.0620. The van der Waals surface area contributed by atoms with Gasteiger partial charge in [-0.05, 0) is 39.9 Å². The Labute approximate surface area is 74.1 Å². The van der Waals surface area contributed by atoms with Gasteiger partial charge in [0.1, 0.15) is 5.67 Å². The molecule has 0 aromatic heterocycles. The molecule has 72 valence electrons. The van der Waals surface area contributed by atoms with Crippen molar-refractivity contribution in [1.29, 1.82) is 0 Å². The van der Waals surface area contributed by atoms with Crippen molar-refractivity contribution in [3.8, 4) is 0 Å². The van der Waals surface area contributed by atoms with Crippen LogP contribution in [0.3, 0.4) is 0 Å². The lowest BCUT2D eigenvalue weighted by Crippen LogP contribution is -2.41. The van der Waals surface area contributed by atoms with Crippen LogP contribution in [0.5, 0.6) is 0 Å². The largest absolute Gasteiger partial charge is 0.320 e. The van der Waals surface area contributed by atoms with Gasteiger partial charge in [0.25, 0.3) is 0 Å². The van der Waals surface area contributed by atoms with E-state index in [9.17, 15) is 4.39 Å². The van der Waals surface area contributed by atoms with Crippen LogP contribution in [0.15, 0.2) is 0 Å². The van der Waals surface area contributed by atoms with Crippen LogP contribution >= 0.6 is 0 Å². The van der Waals surface area contributed by atoms with Gasteiger partial charge in [0, 0.05) is 13.1 Å². The molecule has 0 bridgehead atoms. The standard InChI is InChI=1S/C9H19FN2/c1-11-6-3-9(10)4-7-12(2)8-5-9/h11H,3-8H2,1-2H3. The molecule has 1 aliphatic rings. The molecule has 0 aliphatic carbocycles. The average Bonchev–Trinajstić information content (AvgIpc) is 2.08. The Kier molecular flexibility index (Phi) is 3.47. The molecule has 0 aromatic carbocycles. The molecule has 1 aliphatic heterocycles. The van der Waals surface area contributed by atoms with E-state index in [2.05, 4.69) is 17.3 Å². The van der Waals surface area contributed by atoms with E-state index in [1.807, 2.05) is 7.05 Å². The lowest BCUT2D eigenvalue weighted by atomic mass is 9.90. The Morgan fingerprint density at radius 2 is 2.00 bits per heavy atom. The Bertz CT molecular complexity index is 125. The molecule has 0 saturated carbocycles. The number of nitrogens with zero attached hydrogens (tertiary/aromatic N) is 1. The molecule has 0 spiro atoms. The normalized spacial score (nSPS) is 24.2. The summed E-state index contributed by atoms with van der Waals surface area (Å²) in [5.74, 6) is 0. The molecule has 0 aromatic rings. The van der Waals surface area contributed by atoms with Crippen molar-refractivity contribution >= 4 is 0 Å². The summed E-state index contributed by atoms with van der Waals surface area (Å²) >= 11 is 0. The molecule has 0 radical (unpaired) electrons. The SMILES string of the molecule is CNCCC1(F)CCN(C)CC1. The van der Waals surface area contributed by atoms with Crippen molar-refractivity contribution in [2.75, 3.05) is 33.7 Å². The van der Waals surface area contributed by atoms with Gasteiger partial charge in [-0.1, -0.05) is 0 Å². The second-order valence-electron chi connectivity index (χ2n) is 3.81. The Hall–Kier alpha value is -0.150. The highest BCUT2D eigenvalue weighted by molar-refractivity contribution is 4.85. The summed E-state index contributed by atoms with van der Waals surface area (Å²) in [4.78, 5) is 2.19. The lowest BCUT2D eigenvalue weighted by Gasteiger charge is -2.34. The zero-order chi connectivity index (χ0) is 9.03. The Morgan fingerprint density at radius 3 is 2.50 bits per heavy atom. The maximum absolute atomic E-state index is 13.9. The van der Waals surface area contributed by atoms with E-state index in [0.29, 0.717) is 19.3 Å². The summed E-state index contributed by atoms with van der Waals surface area (Å²) in [5.41, 5.74) is -0.893. The fourth-order valence-corrected chi connectivity index (χ4v) is 1.62. The molecule has 1 rings (SSSR count). The second-order valence-corrected chi connectivity index (χ2v) is 3.81. The number of alkyl halides is 1. The van der Waals surface area contributed by atoms with Crippen LogP contribution in [-0.4, -0.2) is 44.3 Å². The molecule has 1 saturated heterocycles. The molecule has 12 heavy (non-hydrogen) atoms. The van der Waals surface area contributed by atoms with Gasteiger partial charge in [0.15, 0.2) is 0 Å². The molecule has 0 atom stereocenters. The fourth-order valence-electron chi connectivity index (χ4n) is 1.62. The third-order valence-electron chi connectivity index (χ3n) is 2.71. The molecular formula is C9H19FN2. The van der Waals surface area contributed by atoms with Crippen molar-refractivity contribution in [2.45, 2.75) is 24.9 Å². The topological polar surface area (TPSA) is 15.3 Å². The monoisotopic (exact) mass is 174 g/mol. The molecular weight excluding hydrogens is 155 g/mol. The maximum atomic E-state index is 13.9. The average molecular weight is 174 g/mol. The molecule has 1 heterocycles. The van der Waals surface area contributed by atoms with Gasteiger partial charge in [-0.15, -0.1) is 0 Å². The zero-order valence-corrected chi connectivity index (χ0v) is 8.07. The summed E-state index contributed by atoms with van der Waals surface area (Å²) in [6.45, 7) is 2.60. The first kappa shape index (κ1) is 9.93. The summed E-state index contributed by atoms with van der Waals surface area (Å²) in [6, 6.07) is 0. The minimum atomic E-state index is -0.893. The van der Waals surface area contributed by atoms with Gasteiger partial charge in [-0.2, -0.15) is 0 Å². The minimum absolute atomic E-state index is 0.664. The van der Waals surface area contributed by atoms with E-state index >= 15 is 0 Å². The molecule has 0 amide bonds. The maximum Gasteiger partial charge on any atom is 0.114 e. The van der Waals surface area contributed by atoms with E-state index in [0.717, 1.165) is 19.6 Å². The van der Waals surface area contributed by atoms with E-state index in [-0.39, 0.29) is 0 Å². The highest BCUT2D eigenvalue weighted by Crippen LogP contribution is 2.28. The summed E-state index contributed by atoms with van der Waals surface area (Å²) in [5, 5.41) is 3.00. The van der Waals surface area contributed by atoms with Crippen molar-refractivity contribution in [3.05, 3.63) is 0 Å². The highest BCUT2D eigenvalue weighted by atomic mass is 19.1. The molecule has 1 fully saturated rings. The van der Waals surface area contributed by atoms with Crippen molar-refractivity contribution in [1.82, 2.24) is 10.2 Å². The fraction of sp³-hybridized carbons (Fsp3) is 1.00. The number of nitrogens with one attached hydrogen (secondary N) is 1. The van der Waals surface area contributed by atoms with Gasteiger partial charge >= 0.3 is 0 Å². The summed E-state index contributed by atoms with van der Waals surface area (Å²) in [6.07, 6.45) is 2.06. The first-order valence-electron chi connectivity index (χ1n) is 4.68. The number of hydrogen-bond acceptors (Lipinski definition) is 2. The van der Waals surface area contributed by atoms with Crippen LogP contribution in [0.4, 0.5) is 4.39 Å². The second kappa shape index (κ2) is 4.19. The van der Waals surface area contributed by atoms with Gasteiger partial charge in [0.2, 0.25) is 0 Å². The number of rotatable bonds is 3. The van der Waals surface area contributed by atoms with Gasteiger partial charge < -0.3 is 10.2 Å². The number of halogens is 1. The number of likely N-dealkylation sites (tertiary alicyclic amines) is 1. The van der Waals surface area contributed by atoms with E-state index < -0.39 is 5.67 Å². The van der Waals surface area contributed by atoms with Gasteiger partial charge in [0.05, 0.1) is 0 Å². The van der Waals surface area contributed by atoms with Crippen LogP contribution in [-0.2, 0) is 0 Å². The first-order valence-corrected chi connectivity index (χ1v) is 4.68. The van der Waals surface area contributed by atoms with Gasteiger partial charge in [-0.3, -0.25) is 0 Å². The van der Waals surface area contributed by atoms with E-state index in [4.69, 9.17) is 0 Å². The molecule has 2 nitrogen and oxygen atoms in total. The third-order valence-corrected chi connectivity index (χ3v) is 2.71. The third kappa shape index (κ3) is 2.72. The van der Waals surface area contributed by atoms with Crippen molar-refractivity contribution in [2.24, 2.45) is 0 Å². The Balaban J connectivity index is 2.29. The van der Waals surface area contributed by atoms with Crippen molar-refractivity contribution in [3.63, 3.8) is 0 Å². The van der Waals surface area contributed by atoms with Crippen molar-refractivity contribution < 1.29 is 4.39 Å². The first-order chi connectivity index (χ1) is 5.66. The Morgan fingerprint density at radius 1 is 1.42 bits per heavy atom. The van der Waals surface area contributed by atoms with Crippen LogP contribution < -0.4 is 5.32 Å². The van der Waals surface area contributed by atoms with Crippen LogP contribution in [0.1, 0.15) is 19.3 Å². The predicted molar refractivity (Wildman–Crippen MR) is 49.1 cm³/mol. The zero-order valence-electron chi connectivity index (χ0n) is 8.07. The smallest absolute Gasteiger partial charge is 0.114 e. The summed E-state index contributed by atoms with van der Waals surface area (Å²) < 4.78 is 13.9. The van der Waals surface area contributed by atoms with Crippen LogP contribution in [0.25, 0.3) is 0 Å². The van der Waals surface area contributed by atoms with Crippen LogP contribution in [0, 0.1) is 0 Å². The number of piperidine rings is 1. The van der Waals surface area contributed by atoms with E-state index in [1.165, 1.54) is 0 Å². The molecule has 3 heteroatoms. The summed E-state index contributed by atoms with van der Waals surface area (Å²) in [7, 11) is 3.93. The van der Waals surface area contributed by atoms with Gasteiger partial charge in [-0.25, -0.2) is 4.39 Å². The predicted octanol–water partition coefficient (Wildman–Crippen LogP) is 1.03. The number of hydrogen-bond donors (Lipinski definition) is 1. The van der Waals surface area contributed by atoms with Crippen LogP contribution in [0.2, 0.25) is 0 Å².